The van der Waals surface area contributed by atoms with E-state index in [1.165, 1.54) is 19.3 Å². The van der Waals surface area contributed by atoms with Crippen molar-refractivity contribution in [2.75, 3.05) is 18.1 Å². The molecule has 2 atom stereocenters. The van der Waals surface area contributed by atoms with Crippen LogP contribution in [0.2, 0.25) is 0 Å². The molecule has 0 bridgehead atoms. The number of thioether (sulfide) groups is 1. The van der Waals surface area contributed by atoms with Gasteiger partial charge in [-0.3, -0.25) is 0 Å². The molecule has 3 heteroatoms. The largest absolute Gasteiger partial charge is 0.508 e. The number of aliphatic hydroxyl groups excluding tert-OH is 1. The van der Waals surface area contributed by atoms with Crippen molar-refractivity contribution in [2.24, 2.45) is 5.92 Å². The summed E-state index contributed by atoms with van der Waals surface area (Å²) in [4.78, 5) is 0. The summed E-state index contributed by atoms with van der Waals surface area (Å²) in [5.74, 6) is 3.39. The van der Waals surface area contributed by atoms with Gasteiger partial charge in [-0.15, -0.1) is 0 Å². The number of aromatic hydroxyl groups is 1. The molecular formula is C18H30O2S. The van der Waals surface area contributed by atoms with E-state index in [1.807, 2.05) is 23.9 Å². The Balaban J connectivity index is 2.62. The van der Waals surface area contributed by atoms with Crippen molar-refractivity contribution in [2.45, 2.75) is 51.9 Å². The van der Waals surface area contributed by atoms with Gasteiger partial charge in [-0.05, 0) is 42.1 Å². The fraction of sp³-hybridized carbons (Fsp3) is 0.667. The van der Waals surface area contributed by atoms with E-state index in [1.54, 1.807) is 6.07 Å². The lowest BCUT2D eigenvalue weighted by atomic mass is 9.85. The first-order valence-electron chi connectivity index (χ1n) is 8.15. The van der Waals surface area contributed by atoms with Crippen molar-refractivity contribution in [3.63, 3.8) is 0 Å². The Labute approximate surface area is 134 Å². The lowest BCUT2D eigenvalue weighted by molar-refractivity contribution is 0.322. The summed E-state index contributed by atoms with van der Waals surface area (Å²) in [6.45, 7) is 4.76. The Morgan fingerprint density at radius 1 is 1.19 bits per heavy atom. The van der Waals surface area contributed by atoms with Crippen molar-refractivity contribution in [3.8, 4) is 5.75 Å². The highest BCUT2D eigenvalue weighted by Gasteiger charge is 2.18. The summed E-state index contributed by atoms with van der Waals surface area (Å²) < 4.78 is 0. The van der Waals surface area contributed by atoms with Gasteiger partial charge < -0.3 is 10.2 Å². The van der Waals surface area contributed by atoms with E-state index in [4.69, 9.17) is 5.11 Å². The zero-order chi connectivity index (χ0) is 15.5. The zero-order valence-electron chi connectivity index (χ0n) is 13.4. The van der Waals surface area contributed by atoms with Gasteiger partial charge in [0, 0.05) is 5.75 Å². The molecule has 0 aliphatic carbocycles. The molecule has 0 saturated heterocycles. The normalized spacial score (nSPS) is 14.0. The third-order valence-electron chi connectivity index (χ3n) is 3.86. The van der Waals surface area contributed by atoms with Gasteiger partial charge in [-0.1, -0.05) is 51.3 Å². The highest BCUT2D eigenvalue weighted by molar-refractivity contribution is 7.99. The molecule has 0 aromatic heterocycles. The first-order valence-corrected chi connectivity index (χ1v) is 9.31. The van der Waals surface area contributed by atoms with Crippen molar-refractivity contribution >= 4 is 11.8 Å². The van der Waals surface area contributed by atoms with Crippen molar-refractivity contribution in [1.82, 2.24) is 0 Å². The number of rotatable bonds is 11. The molecule has 1 aromatic rings. The minimum atomic E-state index is 0.261. The quantitative estimate of drug-likeness (QED) is 0.576. The number of aliphatic hydroxyl groups is 1. The summed E-state index contributed by atoms with van der Waals surface area (Å²) in [5.41, 5.74) is 1.10. The predicted octanol–water partition coefficient (Wildman–Crippen LogP) is 4.81. The smallest absolute Gasteiger partial charge is 0.119 e. The number of phenolic OH excluding ortho intramolecular Hbond substituents is 1. The molecule has 0 spiro atoms. The second-order valence-corrected chi connectivity index (χ2v) is 7.04. The average molecular weight is 311 g/mol. The maximum atomic E-state index is 10.1. The Morgan fingerprint density at radius 2 is 1.95 bits per heavy atom. The van der Waals surface area contributed by atoms with Crippen LogP contribution in [0.15, 0.2) is 24.3 Å². The molecule has 0 aliphatic rings. The number of hydrogen-bond acceptors (Lipinski definition) is 3. The molecule has 2 nitrogen and oxygen atoms in total. The second-order valence-electron chi connectivity index (χ2n) is 5.89. The van der Waals surface area contributed by atoms with Gasteiger partial charge in [0.25, 0.3) is 0 Å². The summed E-state index contributed by atoms with van der Waals surface area (Å²) in [6, 6.07) is 7.78. The van der Waals surface area contributed by atoms with Crippen LogP contribution in [0.25, 0.3) is 0 Å². The number of phenols is 1. The first kappa shape index (κ1) is 18.4. The van der Waals surface area contributed by atoms with Gasteiger partial charge >= 0.3 is 0 Å². The maximum Gasteiger partial charge on any atom is 0.119 e. The Kier molecular flexibility index (Phi) is 9.60. The van der Waals surface area contributed by atoms with Crippen molar-refractivity contribution in [3.05, 3.63) is 29.8 Å². The molecule has 0 fully saturated rings. The van der Waals surface area contributed by atoms with Crippen LogP contribution in [-0.2, 0) is 0 Å². The minimum absolute atomic E-state index is 0.261. The van der Waals surface area contributed by atoms with Crippen molar-refractivity contribution in [1.29, 1.82) is 0 Å². The molecule has 120 valence electrons. The molecule has 0 saturated carbocycles. The van der Waals surface area contributed by atoms with Gasteiger partial charge in [0.15, 0.2) is 0 Å². The van der Waals surface area contributed by atoms with E-state index >= 15 is 0 Å². The molecule has 2 N–H and O–H groups in total. The minimum Gasteiger partial charge on any atom is -0.508 e. The van der Waals surface area contributed by atoms with Gasteiger partial charge in [0.05, 0.1) is 6.61 Å². The standard InChI is InChI=1S/C18H30O2S/c1-3-4-5-8-16(13-15(2)14-21-12-11-19)17-9-6-7-10-18(17)20/h6-7,9-10,15-16,19-20H,3-5,8,11-14H2,1-2H3. The van der Waals surface area contributed by atoms with Crippen LogP contribution in [0.1, 0.15) is 57.4 Å². The SMILES string of the molecule is CCCCCC(CC(C)CSCCO)c1ccccc1O. The van der Waals surface area contributed by atoms with Crippen molar-refractivity contribution < 1.29 is 10.2 Å². The van der Waals surface area contributed by atoms with E-state index < -0.39 is 0 Å². The monoisotopic (exact) mass is 310 g/mol. The topological polar surface area (TPSA) is 40.5 Å². The maximum absolute atomic E-state index is 10.1. The lowest BCUT2D eigenvalue weighted by Crippen LogP contribution is -2.08. The number of hydrogen-bond donors (Lipinski definition) is 2. The number of para-hydroxylation sites is 1. The highest BCUT2D eigenvalue weighted by atomic mass is 32.2. The Bertz CT molecular complexity index is 381. The summed E-state index contributed by atoms with van der Waals surface area (Å²) in [6.07, 6.45) is 5.99. The van der Waals surface area contributed by atoms with Crippen LogP contribution in [0.4, 0.5) is 0 Å². The predicted molar refractivity (Wildman–Crippen MR) is 93.2 cm³/mol. The Hall–Kier alpha value is -0.670. The molecule has 0 aliphatic heterocycles. The fourth-order valence-electron chi connectivity index (χ4n) is 2.78. The molecule has 2 unspecified atom stereocenters. The molecule has 1 aromatic carbocycles. The lowest BCUT2D eigenvalue weighted by Gasteiger charge is -2.22. The van der Waals surface area contributed by atoms with Crippen LogP contribution < -0.4 is 0 Å². The first-order chi connectivity index (χ1) is 10.2. The third kappa shape index (κ3) is 7.23. The van der Waals surface area contributed by atoms with Crippen LogP contribution in [0.3, 0.4) is 0 Å². The van der Waals surface area contributed by atoms with E-state index in [0.29, 0.717) is 17.6 Å². The number of benzene rings is 1. The molecule has 1 rings (SSSR count). The van der Waals surface area contributed by atoms with E-state index in [9.17, 15) is 5.11 Å². The van der Waals surface area contributed by atoms with E-state index in [2.05, 4.69) is 19.9 Å². The van der Waals surface area contributed by atoms with Crippen LogP contribution >= 0.6 is 11.8 Å². The number of unbranched alkanes of at least 4 members (excludes halogenated alkanes) is 2. The second kappa shape index (κ2) is 11.0. The summed E-state index contributed by atoms with van der Waals surface area (Å²) in [7, 11) is 0. The third-order valence-corrected chi connectivity index (χ3v) is 5.13. The summed E-state index contributed by atoms with van der Waals surface area (Å²) >= 11 is 1.82. The highest BCUT2D eigenvalue weighted by Crippen LogP contribution is 2.35. The van der Waals surface area contributed by atoms with Gasteiger partial charge in [0.2, 0.25) is 0 Å². The molecule has 0 amide bonds. The molecule has 0 radical (unpaired) electrons. The molecule has 0 heterocycles. The van der Waals surface area contributed by atoms with Crippen LogP contribution in [0, 0.1) is 5.92 Å². The van der Waals surface area contributed by atoms with E-state index in [0.717, 1.165) is 29.9 Å². The fourth-order valence-corrected chi connectivity index (χ4v) is 3.61. The molecule has 21 heavy (non-hydrogen) atoms. The summed E-state index contributed by atoms with van der Waals surface area (Å²) in [5, 5.41) is 19.0. The Morgan fingerprint density at radius 3 is 2.62 bits per heavy atom. The zero-order valence-corrected chi connectivity index (χ0v) is 14.2. The van der Waals surface area contributed by atoms with Gasteiger partial charge in [0.1, 0.15) is 5.75 Å². The molecular weight excluding hydrogens is 280 g/mol. The van der Waals surface area contributed by atoms with Crippen LogP contribution in [-0.4, -0.2) is 28.3 Å². The average Bonchev–Trinajstić information content (AvgIpc) is 2.47. The van der Waals surface area contributed by atoms with Gasteiger partial charge in [-0.2, -0.15) is 11.8 Å². The van der Waals surface area contributed by atoms with E-state index in [-0.39, 0.29) is 6.61 Å². The van der Waals surface area contributed by atoms with Crippen LogP contribution in [0.5, 0.6) is 5.75 Å². The van der Waals surface area contributed by atoms with Gasteiger partial charge in [-0.25, -0.2) is 0 Å².